The summed E-state index contributed by atoms with van der Waals surface area (Å²) in [6.45, 7) is 3.91. The molecule has 0 aliphatic heterocycles. The van der Waals surface area contributed by atoms with Crippen molar-refractivity contribution >= 4 is 44.9 Å². The number of methoxy groups -OCH3 is 1. The first-order valence-corrected chi connectivity index (χ1v) is 11.5. The molecule has 9 heteroatoms. The second kappa shape index (κ2) is 9.95. The van der Waals surface area contributed by atoms with E-state index in [2.05, 4.69) is 10.1 Å². The highest BCUT2D eigenvalue weighted by Gasteiger charge is 2.20. The number of benzene rings is 2. The van der Waals surface area contributed by atoms with Crippen molar-refractivity contribution in [2.24, 2.45) is 0 Å². The maximum Gasteiger partial charge on any atom is 0.339 e. The van der Waals surface area contributed by atoms with Gasteiger partial charge in [0.2, 0.25) is 15.9 Å². The van der Waals surface area contributed by atoms with Gasteiger partial charge in [-0.2, -0.15) is 0 Å². The number of aryl methyl sites for hydroxylation is 2. The fourth-order valence-electron chi connectivity index (χ4n) is 2.93. The molecular formula is C21H25ClN2O5S. The molecule has 1 amide bonds. The van der Waals surface area contributed by atoms with E-state index in [1.165, 1.54) is 23.5 Å². The van der Waals surface area contributed by atoms with Gasteiger partial charge in [0, 0.05) is 18.7 Å². The van der Waals surface area contributed by atoms with Crippen LogP contribution in [0.2, 0.25) is 5.02 Å². The summed E-state index contributed by atoms with van der Waals surface area (Å²) < 4.78 is 30.6. The topological polar surface area (TPSA) is 92.8 Å². The fraction of sp³-hybridized carbons (Fsp3) is 0.333. The van der Waals surface area contributed by atoms with Gasteiger partial charge in [-0.3, -0.25) is 9.10 Å². The number of nitrogens with one attached hydrogen (secondary N) is 1. The van der Waals surface area contributed by atoms with Crippen LogP contribution in [-0.2, 0) is 19.6 Å². The zero-order valence-electron chi connectivity index (χ0n) is 17.4. The fourth-order valence-corrected chi connectivity index (χ4v) is 4.14. The van der Waals surface area contributed by atoms with Gasteiger partial charge in [-0.25, -0.2) is 13.2 Å². The SMILES string of the molecule is COC(=O)c1cc(NC(=O)CCCN(c2cc(C)ccc2C)S(C)(=O)=O)ccc1Cl. The number of rotatable bonds is 8. The van der Waals surface area contributed by atoms with Crippen LogP contribution in [0.5, 0.6) is 0 Å². The van der Waals surface area contributed by atoms with E-state index in [4.69, 9.17) is 11.6 Å². The number of hydrogen-bond donors (Lipinski definition) is 1. The van der Waals surface area contributed by atoms with Crippen LogP contribution in [0, 0.1) is 13.8 Å². The van der Waals surface area contributed by atoms with Gasteiger partial charge in [0.15, 0.2) is 0 Å². The van der Waals surface area contributed by atoms with Gasteiger partial charge < -0.3 is 10.1 Å². The normalized spacial score (nSPS) is 11.1. The predicted octanol–water partition coefficient (Wildman–Crippen LogP) is 3.93. The van der Waals surface area contributed by atoms with Crippen molar-refractivity contribution in [3.05, 3.63) is 58.1 Å². The van der Waals surface area contributed by atoms with Crippen LogP contribution in [0.1, 0.15) is 34.3 Å². The Bertz CT molecular complexity index is 1050. The molecule has 0 unspecified atom stereocenters. The third kappa shape index (κ3) is 6.21. The standard InChI is InChI=1S/C21H25ClN2O5S/c1-14-7-8-15(2)19(12-14)24(30(4,27)28)11-5-6-20(25)23-16-9-10-18(22)17(13-16)21(26)29-3/h7-10,12-13H,5-6,11H2,1-4H3,(H,23,25). The Morgan fingerprint density at radius 3 is 2.47 bits per heavy atom. The molecule has 7 nitrogen and oxygen atoms in total. The van der Waals surface area contributed by atoms with Crippen molar-refractivity contribution < 1.29 is 22.7 Å². The van der Waals surface area contributed by atoms with Crippen molar-refractivity contribution in [3.8, 4) is 0 Å². The molecule has 0 fully saturated rings. The van der Waals surface area contributed by atoms with Crippen LogP contribution in [0.25, 0.3) is 0 Å². The molecule has 0 spiro atoms. The van der Waals surface area contributed by atoms with Crippen molar-refractivity contribution in [2.75, 3.05) is 29.5 Å². The Kier molecular flexibility index (Phi) is 7.86. The average molecular weight is 453 g/mol. The highest BCUT2D eigenvalue weighted by atomic mass is 35.5. The molecule has 0 aromatic heterocycles. The minimum atomic E-state index is -3.50. The summed E-state index contributed by atoms with van der Waals surface area (Å²) >= 11 is 5.97. The Morgan fingerprint density at radius 2 is 1.83 bits per heavy atom. The molecule has 0 bridgehead atoms. The molecule has 0 saturated carbocycles. The van der Waals surface area contributed by atoms with E-state index in [1.54, 1.807) is 6.07 Å². The maximum absolute atomic E-state index is 12.3. The summed E-state index contributed by atoms with van der Waals surface area (Å²) in [6.07, 6.45) is 1.58. The zero-order chi connectivity index (χ0) is 22.5. The van der Waals surface area contributed by atoms with Crippen molar-refractivity contribution in [2.45, 2.75) is 26.7 Å². The Labute approximate surface area is 182 Å². The largest absolute Gasteiger partial charge is 0.465 e. The van der Waals surface area contributed by atoms with E-state index in [0.717, 1.165) is 17.4 Å². The lowest BCUT2D eigenvalue weighted by molar-refractivity contribution is -0.116. The Morgan fingerprint density at radius 1 is 1.13 bits per heavy atom. The van der Waals surface area contributed by atoms with E-state index in [9.17, 15) is 18.0 Å². The zero-order valence-corrected chi connectivity index (χ0v) is 18.9. The highest BCUT2D eigenvalue weighted by Crippen LogP contribution is 2.25. The summed E-state index contributed by atoms with van der Waals surface area (Å²) in [5.41, 5.74) is 2.95. The number of esters is 1. The van der Waals surface area contributed by atoms with Gasteiger partial charge in [0.1, 0.15) is 0 Å². The number of ether oxygens (including phenoxy) is 1. The lowest BCUT2D eigenvalue weighted by atomic mass is 10.1. The summed E-state index contributed by atoms with van der Waals surface area (Å²) in [7, 11) is -2.26. The molecular weight excluding hydrogens is 428 g/mol. The molecule has 0 radical (unpaired) electrons. The third-order valence-corrected chi connectivity index (χ3v) is 5.96. The molecule has 0 atom stereocenters. The number of amides is 1. The van der Waals surface area contributed by atoms with Gasteiger partial charge in [0.05, 0.1) is 29.6 Å². The third-order valence-electron chi connectivity index (χ3n) is 4.45. The minimum Gasteiger partial charge on any atom is -0.465 e. The number of halogens is 1. The molecule has 0 saturated heterocycles. The lowest BCUT2D eigenvalue weighted by Crippen LogP contribution is -2.32. The summed E-state index contributed by atoms with van der Waals surface area (Å²) in [5.74, 6) is -0.907. The Hall–Kier alpha value is -2.58. The average Bonchev–Trinajstić information content (AvgIpc) is 2.67. The first-order valence-electron chi connectivity index (χ1n) is 9.25. The predicted molar refractivity (Wildman–Crippen MR) is 119 cm³/mol. The Balaban J connectivity index is 2.05. The van der Waals surface area contributed by atoms with Crippen LogP contribution in [0.4, 0.5) is 11.4 Å². The van der Waals surface area contributed by atoms with E-state index in [0.29, 0.717) is 17.8 Å². The molecule has 2 aromatic rings. The van der Waals surface area contributed by atoms with E-state index < -0.39 is 16.0 Å². The molecule has 1 N–H and O–H groups in total. The number of carbonyl (C=O) groups is 2. The van der Waals surface area contributed by atoms with Gasteiger partial charge in [-0.15, -0.1) is 0 Å². The van der Waals surface area contributed by atoms with E-state index in [1.807, 2.05) is 32.0 Å². The molecule has 0 aliphatic rings. The summed E-state index contributed by atoms with van der Waals surface area (Å²) in [6, 6.07) is 10.1. The number of carbonyl (C=O) groups excluding carboxylic acids is 2. The maximum atomic E-state index is 12.3. The van der Waals surface area contributed by atoms with Crippen molar-refractivity contribution in [1.82, 2.24) is 0 Å². The summed E-state index contributed by atoms with van der Waals surface area (Å²) in [4.78, 5) is 24.0. The van der Waals surface area contributed by atoms with E-state index in [-0.39, 0.29) is 29.5 Å². The smallest absolute Gasteiger partial charge is 0.339 e. The molecule has 162 valence electrons. The van der Waals surface area contributed by atoms with Crippen molar-refractivity contribution in [3.63, 3.8) is 0 Å². The minimum absolute atomic E-state index is 0.104. The first kappa shape index (κ1) is 23.7. The van der Waals surface area contributed by atoms with Gasteiger partial charge in [-0.05, 0) is 55.7 Å². The molecule has 2 aromatic carbocycles. The molecule has 2 rings (SSSR count). The molecule has 30 heavy (non-hydrogen) atoms. The van der Waals surface area contributed by atoms with Gasteiger partial charge >= 0.3 is 5.97 Å². The van der Waals surface area contributed by atoms with Gasteiger partial charge in [0.25, 0.3) is 0 Å². The summed E-state index contributed by atoms with van der Waals surface area (Å²) in [5, 5.41) is 2.91. The van der Waals surface area contributed by atoms with E-state index >= 15 is 0 Å². The molecule has 0 heterocycles. The molecule has 0 aliphatic carbocycles. The number of nitrogens with zero attached hydrogens (tertiary/aromatic N) is 1. The van der Waals surface area contributed by atoms with Crippen LogP contribution < -0.4 is 9.62 Å². The highest BCUT2D eigenvalue weighted by molar-refractivity contribution is 7.92. The second-order valence-electron chi connectivity index (χ2n) is 6.96. The van der Waals surface area contributed by atoms with Crippen LogP contribution in [0.3, 0.4) is 0 Å². The first-order chi connectivity index (χ1) is 14.0. The van der Waals surface area contributed by atoms with Crippen LogP contribution in [-0.4, -0.2) is 40.2 Å². The van der Waals surface area contributed by atoms with Gasteiger partial charge in [-0.1, -0.05) is 23.7 Å². The second-order valence-corrected chi connectivity index (χ2v) is 9.28. The number of anilines is 2. The van der Waals surface area contributed by atoms with Crippen LogP contribution >= 0.6 is 11.6 Å². The van der Waals surface area contributed by atoms with Crippen LogP contribution in [0.15, 0.2) is 36.4 Å². The lowest BCUT2D eigenvalue weighted by Gasteiger charge is -2.24. The monoisotopic (exact) mass is 452 g/mol. The number of hydrogen-bond acceptors (Lipinski definition) is 5. The van der Waals surface area contributed by atoms with Crippen molar-refractivity contribution in [1.29, 1.82) is 0 Å². The number of sulfonamides is 1. The quantitative estimate of drug-likeness (QED) is 0.612.